The monoisotopic (exact) mass is 224 g/mol. The van der Waals surface area contributed by atoms with Crippen molar-refractivity contribution in [3.8, 4) is 0 Å². The maximum Gasteiger partial charge on any atom is 0.335 e. The molecule has 0 aliphatic heterocycles. The summed E-state index contributed by atoms with van der Waals surface area (Å²) < 4.78 is 32.5. The first-order valence-corrected chi connectivity index (χ1v) is 3.95. The van der Waals surface area contributed by atoms with Crippen molar-refractivity contribution in [1.29, 1.82) is 0 Å². The molecule has 0 bridgehead atoms. The van der Waals surface area contributed by atoms with E-state index in [4.69, 9.17) is 17.2 Å². The lowest BCUT2D eigenvalue weighted by Crippen LogP contribution is -1.18. The molecule has 0 heterocycles. The van der Waals surface area contributed by atoms with Crippen molar-refractivity contribution in [3.05, 3.63) is 0 Å². The van der Waals surface area contributed by atoms with E-state index < -0.39 is 11.6 Å². The zero-order valence-corrected chi connectivity index (χ0v) is 8.31. The standard InChI is InChI=1S/O2S.HOP.OS.HPS/c1-3-2;3*1-2/h;2H;;1H. The van der Waals surface area contributed by atoms with Crippen LogP contribution < -0.4 is 0 Å². The first-order valence-electron chi connectivity index (χ1n) is 0.908. The molecule has 0 atom stereocenters. The van der Waals surface area contributed by atoms with Gasteiger partial charge in [0.15, 0.2) is 12.5 Å². The van der Waals surface area contributed by atoms with Crippen molar-refractivity contribution >= 4 is 53.0 Å². The SMILES string of the molecule is O=P.O=S.O=S=O.P=S. The molecule has 0 aliphatic carbocycles. The molecule has 54 valence electrons. The van der Waals surface area contributed by atoms with Gasteiger partial charge in [-0.2, -0.15) is 12.6 Å². The second-order valence-corrected chi connectivity index (χ2v) is 0.204. The number of rotatable bonds is 0. The van der Waals surface area contributed by atoms with Crippen LogP contribution in [0.15, 0.2) is 0 Å². The lowest BCUT2D eigenvalue weighted by atomic mass is 15.9. The molecule has 0 aliphatic rings. The summed E-state index contributed by atoms with van der Waals surface area (Å²) in [5.74, 6) is 0. The van der Waals surface area contributed by atoms with Crippen LogP contribution in [0.1, 0.15) is 0 Å². The third kappa shape index (κ3) is 1670. The van der Waals surface area contributed by atoms with Crippen molar-refractivity contribution in [2.45, 2.75) is 0 Å². The van der Waals surface area contributed by atoms with E-state index in [1.165, 1.54) is 0 Å². The Balaban J connectivity index is -0.0000000190. The van der Waals surface area contributed by atoms with Crippen molar-refractivity contribution in [1.82, 2.24) is 0 Å². The van der Waals surface area contributed by atoms with E-state index in [2.05, 4.69) is 32.4 Å². The summed E-state index contributed by atoms with van der Waals surface area (Å²) >= 11 is 5.97. The maximum atomic E-state index is 8.29. The summed E-state index contributed by atoms with van der Waals surface area (Å²) in [5.41, 5.74) is 0. The van der Waals surface area contributed by atoms with Gasteiger partial charge in [0.2, 0.25) is 0 Å². The summed E-state index contributed by atoms with van der Waals surface area (Å²) in [4.78, 5) is 0. The van der Waals surface area contributed by atoms with Gasteiger partial charge in [0.25, 0.3) is 0 Å². The molecule has 9 heteroatoms. The highest BCUT2D eigenvalue weighted by molar-refractivity contribution is 7.88. The van der Waals surface area contributed by atoms with Crippen molar-refractivity contribution < 1.29 is 17.2 Å². The van der Waals surface area contributed by atoms with Gasteiger partial charge >= 0.3 is 11.6 Å². The second-order valence-electron chi connectivity index (χ2n) is 0.0680. The fraction of sp³-hybridized carbons (Fsp3) is 0. The van der Waals surface area contributed by atoms with E-state index in [1.54, 1.807) is 9.12 Å². The molecular weight excluding hydrogens is 222 g/mol. The molecule has 0 spiro atoms. The topological polar surface area (TPSA) is 68.3 Å². The van der Waals surface area contributed by atoms with E-state index in [9.17, 15) is 0 Å². The zero-order chi connectivity index (χ0) is 8.71. The highest BCUT2D eigenvalue weighted by Crippen LogP contribution is 1.26. The summed E-state index contributed by atoms with van der Waals surface area (Å²) in [6.07, 6.45) is 0. The summed E-state index contributed by atoms with van der Waals surface area (Å²) in [5, 5.41) is 0. The summed E-state index contributed by atoms with van der Waals surface area (Å²) in [7, 11) is 4.28. The molecule has 4 nitrogen and oxygen atoms in total. The first kappa shape index (κ1) is 22.7. The average Bonchev–Trinajstić information content (AvgIpc) is 2.01. The fourth-order valence-electron chi connectivity index (χ4n) is 0. The third-order valence-corrected chi connectivity index (χ3v) is 0. The lowest BCUT2D eigenvalue weighted by molar-refractivity contribution is 0.607. The average molecular weight is 224 g/mol. The highest BCUT2D eigenvalue weighted by Gasteiger charge is 1.12. The lowest BCUT2D eigenvalue weighted by Gasteiger charge is -0.947. The molecule has 0 aromatic heterocycles. The van der Waals surface area contributed by atoms with Crippen LogP contribution in [0, 0.1) is 0 Å². The Morgan fingerprint density at radius 1 is 1.00 bits per heavy atom. The Labute approximate surface area is 70.4 Å². The summed E-state index contributed by atoms with van der Waals surface area (Å²) in [6, 6.07) is 0. The fourth-order valence-corrected chi connectivity index (χ4v) is 0. The highest BCUT2D eigenvalue weighted by atomic mass is 32.4. The minimum absolute atomic E-state index is 0.750. The summed E-state index contributed by atoms with van der Waals surface area (Å²) in [6.45, 7) is 0. The smallest absolute Gasteiger partial charge is 0.279 e. The Kier molecular flexibility index (Phi) is 557. The number of hydrogen-bond donors (Lipinski definition) is 0. The molecule has 0 amide bonds. The van der Waals surface area contributed by atoms with Gasteiger partial charge in [-0.05, 0) is 8.02 Å². The predicted octanol–water partition coefficient (Wildman–Crippen LogP) is 0.0593. The van der Waals surface area contributed by atoms with E-state index in [0.29, 0.717) is 0 Å². The van der Waals surface area contributed by atoms with E-state index in [1.807, 2.05) is 0 Å². The van der Waals surface area contributed by atoms with Crippen LogP contribution in [-0.2, 0) is 40.5 Å². The minimum atomic E-state index is -0.750. The Morgan fingerprint density at radius 3 is 1.00 bits per heavy atom. The Bertz CT molecular complexity index is 56.1. The molecule has 9 heavy (non-hydrogen) atoms. The van der Waals surface area contributed by atoms with Crippen molar-refractivity contribution in [2.75, 3.05) is 0 Å². The van der Waals surface area contributed by atoms with Gasteiger partial charge in [-0.15, -0.1) is 0 Å². The normalized spacial score (nSPS) is 2.67. The van der Waals surface area contributed by atoms with Crippen LogP contribution in [-0.4, -0.2) is 12.6 Å². The van der Waals surface area contributed by atoms with Gasteiger partial charge in [-0.25, -0.2) is 0 Å². The quantitative estimate of drug-likeness (QED) is 0.542. The first-order chi connectivity index (χ1) is 4.41. The molecule has 0 radical (unpaired) electrons. The van der Waals surface area contributed by atoms with Crippen molar-refractivity contribution in [2.24, 2.45) is 0 Å². The maximum absolute atomic E-state index is 8.29. The van der Waals surface area contributed by atoms with E-state index in [-0.39, 0.29) is 0 Å². The Hall–Kier alpha value is 0.460. The van der Waals surface area contributed by atoms with Gasteiger partial charge in [-0.1, -0.05) is 11.8 Å². The molecule has 0 rings (SSSR count). The van der Waals surface area contributed by atoms with E-state index in [0.717, 1.165) is 0 Å². The van der Waals surface area contributed by atoms with Gasteiger partial charge in [0, 0.05) is 0 Å². The zero-order valence-electron chi connectivity index (χ0n) is 3.86. The van der Waals surface area contributed by atoms with Crippen LogP contribution in [0.5, 0.6) is 0 Å². The van der Waals surface area contributed by atoms with Crippen LogP contribution in [0.3, 0.4) is 0 Å². The molecule has 0 aromatic carbocycles. The molecule has 0 saturated heterocycles. The van der Waals surface area contributed by atoms with Crippen LogP contribution in [0.2, 0.25) is 0 Å². The molecular formula is H2O4P2S3. The van der Waals surface area contributed by atoms with Gasteiger partial charge in [0.05, 0.1) is 0 Å². The molecule has 0 N–H and O–H groups in total. The second kappa shape index (κ2) is 221. The largest absolute Gasteiger partial charge is 0.335 e. The predicted molar refractivity (Wildman–Crippen MR) is 41.7 cm³/mol. The van der Waals surface area contributed by atoms with Crippen LogP contribution in [0.4, 0.5) is 0 Å². The van der Waals surface area contributed by atoms with Crippen molar-refractivity contribution in [3.63, 3.8) is 0 Å². The van der Waals surface area contributed by atoms with Gasteiger partial charge in [0.1, 0.15) is 9.12 Å². The molecule has 0 saturated carbocycles. The minimum Gasteiger partial charge on any atom is -0.279 e. The van der Waals surface area contributed by atoms with E-state index >= 15 is 0 Å². The third-order valence-electron chi connectivity index (χ3n) is 0. The number of hydrogen-bond acceptors (Lipinski definition) is 6. The van der Waals surface area contributed by atoms with Crippen LogP contribution in [0.25, 0.3) is 0 Å². The van der Waals surface area contributed by atoms with Gasteiger partial charge < -0.3 is 0 Å². The molecule has 0 aromatic rings. The van der Waals surface area contributed by atoms with Gasteiger partial charge in [-0.3, -0.25) is 4.57 Å². The van der Waals surface area contributed by atoms with Crippen LogP contribution >= 0.6 is 17.1 Å². The molecule has 0 fully saturated rings. The Morgan fingerprint density at radius 2 is 1.00 bits per heavy atom. The molecule has 0 unspecified atom stereocenters.